The quantitative estimate of drug-likeness (QED) is 0.655. The highest BCUT2D eigenvalue weighted by atomic mass is 32.1. The number of aromatic nitrogens is 1. The molecule has 21 heavy (non-hydrogen) atoms. The van der Waals surface area contributed by atoms with Crippen molar-refractivity contribution in [3.8, 4) is 0 Å². The van der Waals surface area contributed by atoms with Crippen molar-refractivity contribution in [2.45, 2.75) is 19.4 Å². The highest BCUT2D eigenvalue weighted by molar-refractivity contribution is 7.16. The van der Waals surface area contributed by atoms with Gasteiger partial charge in [0.25, 0.3) is 0 Å². The van der Waals surface area contributed by atoms with Crippen molar-refractivity contribution in [2.75, 3.05) is 18.5 Å². The molecule has 112 valence electrons. The number of thiophene rings is 1. The summed E-state index contributed by atoms with van der Waals surface area (Å²) in [4.78, 5) is 17.2. The van der Waals surface area contributed by atoms with Crippen LogP contribution in [0.1, 0.15) is 23.5 Å². The number of aliphatic hydroxyl groups excluding tert-OH is 1. The first-order chi connectivity index (χ1) is 9.99. The van der Waals surface area contributed by atoms with Crippen LogP contribution < -0.4 is 4.90 Å². The van der Waals surface area contributed by atoms with Crippen LogP contribution >= 0.6 is 11.3 Å². The van der Waals surface area contributed by atoms with Crippen LogP contribution in [0.25, 0.3) is 0 Å². The summed E-state index contributed by atoms with van der Waals surface area (Å²) in [6, 6.07) is 5.31. The summed E-state index contributed by atoms with van der Waals surface area (Å²) in [6.45, 7) is 2.26. The van der Waals surface area contributed by atoms with Crippen LogP contribution in [0.15, 0.2) is 30.6 Å². The van der Waals surface area contributed by atoms with Crippen LogP contribution in [-0.4, -0.2) is 28.6 Å². The summed E-state index contributed by atoms with van der Waals surface area (Å²) >= 11 is 1.26. The van der Waals surface area contributed by atoms with E-state index in [0.717, 1.165) is 12.0 Å². The molecule has 0 aliphatic rings. The predicted octanol–water partition coefficient (Wildman–Crippen LogP) is 2.78. The van der Waals surface area contributed by atoms with Crippen LogP contribution in [-0.2, 0) is 6.42 Å². The Morgan fingerprint density at radius 1 is 1.48 bits per heavy atom. The van der Waals surface area contributed by atoms with Crippen LogP contribution in [0.2, 0.25) is 0 Å². The highest BCUT2D eigenvalue weighted by Crippen LogP contribution is 2.39. The Balaban J connectivity index is 2.14. The maximum absolute atomic E-state index is 11.1. The number of likely N-dealkylation sites (N-methyl/N-ethyl adjacent to an activating group) is 1. The SMILES string of the molecule is C[C@@H](O)c1cc([N+](=O)[O-])c(N(C)CCc2ccncc2)s1. The monoisotopic (exact) mass is 307 g/mol. The molecule has 6 nitrogen and oxygen atoms in total. The molecule has 0 fully saturated rings. The average Bonchev–Trinajstić information content (AvgIpc) is 2.91. The molecular weight excluding hydrogens is 290 g/mol. The minimum atomic E-state index is -0.698. The molecule has 0 aromatic carbocycles. The van der Waals surface area contributed by atoms with Crippen LogP contribution in [0.3, 0.4) is 0 Å². The molecule has 0 aliphatic carbocycles. The van der Waals surface area contributed by atoms with E-state index >= 15 is 0 Å². The van der Waals surface area contributed by atoms with Gasteiger partial charge in [-0.1, -0.05) is 0 Å². The predicted molar refractivity (Wildman–Crippen MR) is 82.8 cm³/mol. The number of aliphatic hydroxyl groups is 1. The molecule has 0 saturated carbocycles. The van der Waals surface area contributed by atoms with Crippen molar-refractivity contribution in [3.05, 3.63) is 51.1 Å². The minimum Gasteiger partial charge on any atom is -0.388 e. The van der Waals surface area contributed by atoms with Gasteiger partial charge in [0.05, 0.1) is 11.0 Å². The number of nitro groups is 1. The van der Waals surface area contributed by atoms with Crippen molar-refractivity contribution < 1.29 is 10.0 Å². The molecule has 2 rings (SSSR count). The van der Waals surface area contributed by atoms with Gasteiger partial charge in [-0.2, -0.15) is 0 Å². The Morgan fingerprint density at radius 2 is 2.14 bits per heavy atom. The van der Waals surface area contributed by atoms with Gasteiger partial charge in [-0.3, -0.25) is 15.1 Å². The molecular formula is C14H17N3O3S. The van der Waals surface area contributed by atoms with E-state index in [1.54, 1.807) is 19.3 Å². The molecule has 0 bridgehead atoms. The molecule has 0 amide bonds. The van der Waals surface area contributed by atoms with E-state index in [0.29, 0.717) is 16.4 Å². The summed E-state index contributed by atoms with van der Waals surface area (Å²) in [7, 11) is 1.83. The normalized spacial score (nSPS) is 12.1. The molecule has 0 saturated heterocycles. The summed E-state index contributed by atoms with van der Waals surface area (Å²) in [6.07, 6.45) is 3.54. The molecule has 7 heteroatoms. The summed E-state index contributed by atoms with van der Waals surface area (Å²) in [5.41, 5.74) is 1.18. The first-order valence-corrected chi connectivity index (χ1v) is 7.37. The Kier molecular flexibility index (Phi) is 4.87. The zero-order valence-corrected chi connectivity index (χ0v) is 12.7. The second kappa shape index (κ2) is 6.64. The lowest BCUT2D eigenvalue weighted by Crippen LogP contribution is -2.20. The molecule has 1 N–H and O–H groups in total. The third-order valence-electron chi connectivity index (χ3n) is 3.15. The van der Waals surface area contributed by atoms with E-state index < -0.39 is 11.0 Å². The minimum absolute atomic E-state index is 0.0492. The molecule has 0 spiro atoms. The largest absolute Gasteiger partial charge is 0.388 e. The molecule has 2 aromatic rings. The molecule has 1 atom stereocenters. The number of anilines is 1. The van der Waals surface area contributed by atoms with E-state index in [-0.39, 0.29) is 5.69 Å². The molecule has 0 unspecified atom stereocenters. The molecule has 2 heterocycles. The van der Waals surface area contributed by atoms with Gasteiger partial charge in [0, 0.05) is 36.9 Å². The van der Waals surface area contributed by atoms with Gasteiger partial charge >= 0.3 is 5.69 Å². The fourth-order valence-corrected chi connectivity index (χ4v) is 3.00. The Hall–Kier alpha value is -1.99. The first kappa shape index (κ1) is 15.4. The molecule has 0 aliphatic heterocycles. The Labute approximate surface area is 126 Å². The highest BCUT2D eigenvalue weighted by Gasteiger charge is 2.23. The topological polar surface area (TPSA) is 79.5 Å². The van der Waals surface area contributed by atoms with E-state index in [9.17, 15) is 15.2 Å². The number of pyridine rings is 1. The van der Waals surface area contributed by atoms with Crippen molar-refractivity contribution in [3.63, 3.8) is 0 Å². The van der Waals surface area contributed by atoms with Gasteiger partial charge in [-0.05, 0) is 31.0 Å². The summed E-state index contributed by atoms with van der Waals surface area (Å²) in [5.74, 6) is 0. The summed E-state index contributed by atoms with van der Waals surface area (Å²) in [5, 5.41) is 21.3. The fraction of sp³-hybridized carbons (Fsp3) is 0.357. The lowest BCUT2D eigenvalue weighted by atomic mass is 10.2. The lowest BCUT2D eigenvalue weighted by molar-refractivity contribution is -0.383. The lowest BCUT2D eigenvalue weighted by Gasteiger charge is -2.16. The van der Waals surface area contributed by atoms with E-state index in [4.69, 9.17) is 0 Å². The van der Waals surface area contributed by atoms with Gasteiger partial charge in [0.1, 0.15) is 0 Å². The number of rotatable bonds is 6. The maximum atomic E-state index is 11.1. The molecule has 2 aromatic heterocycles. The van der Waals surface area contributed by atoms with Gasteiger partial charge < -0.3 is 10.0 Å². The summed E-state index contributed by atoms with van der Waals surface area (Å²) < 4.78 is 0. The van der Waals surface area contributed by atoms with Crippen LogP contribution in [0.5, 0.6) is 0 Å². The Bertz CT molecular complexity index is 613. The number of hydrogen-bond donors (Lipinski definition) is 1. The van der Waals surface area contributed by atoms with Crippen molar-refractivity contribution in [2.24, 2.45) is 0 Å². The second-order valence-corrected chi connectivity index (χ2v) is 5.86. The van der Waals surface area contributed by atoms with E-state index in [2.05, 4.69) is 4.98 Å². The van der Waals surface area contributed by atoms with Crippen molar-refractivity contribution >= 4 is 22.0 Å². The van der Waals surface area contributed by atoms with Crippen molar-refractivity contribution in [1.82, 2.24) is 4.98 Å². The zero-order valence-electron chi connectivity index (χ0n) is 11.9. The number of nitrogens with zero attached hydrogens (tertiary/aromatic N) is 3. The average molecular weight is 307 g/mol. The standard InChI is InChI=1S/C14H17N3O3S/c1-10(18)13-9-12(17(19)20)14(21-13)16(2)8-5-11-3-6-15-7-4-11/h3-4,6-7,9-10,18H,5,8H2,1-2H3/t10-/m1/s1. The van der Waals surface area contributed by atoms with Crippen LogP contribution in [0.4, 0.5) is 10.7 Å². The Morgan fingerprint density at radius 3 is 2.71 bits per heavy atom. The van der Waals surface area contributed by atoms with E-state index in [1.807, 2.05) is 24.1 Å². The third kappa shape index (κ3) is 3.77. The van der Waals surface area contributed by atoms with Gasteiger partial charge in [0.2, 0.25) is 0 Å². The van der Waals surface area contributed by atoms with Gasteiger partial charge in [-0.25, -0.2) is 0 Å². The van der Waals surface area contributed by atoms with Gasteiger partial charge in [-0.15, -0.1) is 11.3 Å². The second-order valence-electron chi connectivity index (χ2n) is 4.80. The maximum Gasteiger partial charge on any atom is 0.304 e. The van der Waals surface area contributed by atoms with Crippen molar-refractivity contribution in [1.29, 1.82) is 0 Å². The van der Waals surface area contributed by atoms with Gasteiger partial charge in [0.15, 0.2) is 5.00 Å². The van der Waals surface area contributed by atoms with E-state index in [1.165, 1.54) is 17.4 Å². The smallest absolute Gasteiger partial charge is 0.304 e. The zero-order chi connectivity index (χ0) is 15.4. The fourth-order valence-electron chi connectivity index (χ4n) is 1.95. The number of hydrogen-bond acceptors (Lipinski definition) is 6. The third-order valence-corrected chi connectivity index (χ3v) is 4.56. The molecule has 0 radical (unpaired) electrons. The first-order valence-electron chi connectivity index (χ1n) is 6.55. The van der Waals surface area contributed by atoms with Crippen LogP contribution in [0, 0.1) is 10.1 Å².